The fourth-order valence-electron chi connectivity index (χ4n) is 1.86. The van der Waals surface area contributed by atoms with Crippen molar-refractivity contribution in [2.24, 2.45) is 0 Å². The number of aromatic nitrogens is 3. The van der Waals surface area contributed by atoms with Crippen LogP contribution in [-0.4, -0.2) is 14.8 Å². The SMILES string of the molecule is Cc1ccc(-n2ncc3c(=O)[nH]ccc32)cc1. The highest BCUT2D eigenvalue weighted by atomic mass is 16.1. The van der Waals surface area contributed by atoms with Gasteiger partial charge in [0.2, 0.25) is 0 Å². The molecule has 2 heterocycles. The molecule has 0 spiro atoms. The van der Waals surface area contributed by atoms with E-state index in [0.29, 0.717) is 5.39 Å². The molecule has 0 saturated heterocycles. The first kappa shape index (κ1) is 9.84. The lowest BCUT2D eigenvalue weighted by atomic mass is 10.2. The van der Waals surface area contributed by atoms with E-state index in [-0.39, 0.29) is 5.56 Å². The van der Waals surface area contributed by atoms with Gasteiger partial charge in [0, 0.05) is 6.20 Å². The summed E-state index contributed by atoms with van der Waals surface area (Å²) in [7, 11) is 0. The van der Waals surface area contributed by atoms with Gasteiger partial charge in [-0.15, -0.1) is 0 Å². The number of benzene rings is 1. The molecule has 84 valence electrons. The highest BCUT2D eigenvalue weighted by molar-refractivity contribution is 5.78. The van der Waals surface area contributed by atoms with E-state index in [4.69, 9.17) is 0 Å². The fourth-order valence-corrected chi connectivity index (χ4v) is 1.86. The Kier molecular flexibility index (Phi) is 2.08. The Bertz CT molecular complexity index is 722. The van der Waals surface area contributed by atoms with Crippen LogP contribution in [0.3, 0.4) is 0 Å². The molecule has 0 bridgehead atoms. The molecule has 3 aromatic rings. The lowest BCUT2D eigenvalue weighted by Crippen LogP contribution is -2.04. The standard InChI is InChI=1S/C13H11N3O/c1-9-2-4-10(5-3-9)16-12-6-7-14-13(17)11(12)8-15-16/h2-8H,1H3,(H,14,17). The van der Waals surface area contributed by atoms with Gasteiger partial charge in [-0.3, -0.25) is 4.79 Å². The molecule has 0 saturated carbocycles. The zero-order valence-corrected chi connectivity index (χ0v) is 9.34. The van der Waals surface area contributed by atoms with Crippen molar-refractivity contribution in [1.29, 1.82) is 0 Å². The number of H-pyrrole nitrogens is 1. The van der Waals surface area contributed by atoms with Gasteiger partial charge < -0.3 is 4.98 Å². The van der Waals surface area contributed by atoms with Crippen LogP contribution < -0.4 is 5.56 Å². The second kappa shape index (κ2) is 3.59. The van der Waals surface area contributed by atoms with Crippen LogP contribution >= 0.6 is 0 Å². The molecule has 3 rings (SSSR count). The molecular weight excluding hydrogens is 214 g/mol. The van der Waals surface area contributed by atoms with Crippen molar-refractivity contribution in [3.8, 4) is 5.69 Å². The number of nitrogens with zero attached hydrogens (tertiary/aromatic N) is 2. The van der Waals surface area contributed by atoms with E-state index in [0.717, 1.165) is 11.2 Å². The van der Waals surface area contributed by atoms with Gasteiger partial charge in [0.1, 0.15) is 0 Å². The Morgan fingerprint density at radius 3 is 2.71 bits per heavy atom. The molecular formula is C13H11N3O. The summed E-state index contributed by atoms with van der Waals surface area (Å²) in [5.41, 5.74) is 2.86. The quantitative estimate of drug-likeness (QED) is 0.688. The van der Waals surface area contributed by atoms with Crippen LogP contribution in [0.25, 0.3) is 16.6 Å². The number of hydrogen-bond acceptors (Lipinski definition) is 2. The normalized spacial score (nSPS) is 10.9. The van der Waals surface area contributed by atoms with Crippen molar-refractivity contribution in [3.63, 3.8) is 0 Å². The van der Waals surface area contributed by atoms with E-state index in [1.54, 1.807) is 17.1 Å². The third kappa shape index (κ3) is 1.54. The van der Waals surface area contributed by atoms with Crippen LogP contribution in [0.4, 0.5) is 0 Å². The van der Waals surface area contributed by atoms with Crippen LogP contribution in [0.5, 0.6) is 0 Å². The highest BCUT2D eigenvalue weighted by Gasteiger charge is 2.06. The van der Waals surface area contributed by atoms with Gasteiger partial charge in [-0.1, -0.05) is 17.7 Å². The van der Waals surface area contributed by atoms with Gasteiger partial charge in [0.15, 0.2) is 0 Å². The van der Waals surface area contributed by atoms with Gasteiger partial charge in [-0.2, -0.15) is 5.10 Å². The van der Waals surface area contributed by atoms with Crippen LogP contribution in [0, 0.1) is 6.92 Å². The summed E-state index contributed by atoms with van der Waals surface area (Å²) < 4.78 is 1.77. The van der Waals surface area contributed by atoms with Crippen molar-refractivity contribution < 1.29 is 0 Å². The van der Waals surface area contributed by atoms with E-state index < -0.39 is 0 Å². The Morgan fingerprint density at radius 1 is 1.18 bits per heavy atom. The second-order valence-electron chi connectivity index (χ2n) is 4.00. The number of rotatable bonds is 1. The molecule has 0 aliphatic carbocycles. The first-order valence-corrected chi connectivity index (χ1v) is 5.38. The highest BCUT2D eigenvalue weighted by Crippen LogP contribution is 2.15. The lowest BCUT2D eigenvalue weighted by Gasteiger charge is -2.03. The average Bonchev–Trinajstić information content (AvgIpc) is 2.75. The number of hydrogen-bond donors (Lipinski definition) is 1. The summed E-state index contributed by atoms with van der Waals surface area (Å²) in [6.07, 6.45) is 3.23. The van der Waals surface area contributed by atoms with Crippen LogP contribution in [0.15, 0.2) is 47.5 Å². The molecule has 4 nitrogen and oxygen atoms in total. The van der Waals surface area contributed by atoms with Gasteiger partial charge >= 0.3 is 0 Å². The summed E-state index contributed by atoms with van der Waals surface area (Å²) in [5, 5.41) is 4.86. The van der Waals surface area contributed by atoms with E-state index in [9.17, 15) is 4.79 Å². The van der Waals surface area contributed by atoms with Crippen molar-refractivity contribution in [2.45, 2.75) is 6.92 Å². The van der Waals surface area contributed by atoms with Crippen molar-refractivity contribution in [1.82, 2.24) is 14.8 Å². The van der Waals surface area contributed by atoms with Crippen LogP contribution in [0.1, 0.15) is 5.56 Å². The predicted molar refractivity (Wildman–Crippen MR) is 66.4 cm³/mol. The fraction of sp³-hybridized carbons (Fsp3) is 0.0769. The van der Waals surface area contributed by atoms with E-state index in [1.807, 2.05) is 37.3 Å². The molecule has 0 atom stereocenters. The van der Waals surface area contributed by atoms with E-state index in [2.05, 4.69) is 10.1 Å². The number of pyridine rings is 1. The molecule has 0 amide bonds. The zero-order chi connectivity index (χ0) is 11.8. The molecule has 0 aliphatic heterocycles. The van der Waals surface area contributed by atoms with Crippen LogP contribution in [-0.2, 0) is 0 Å². The second-order valence-corrected chi connectivity index (χ2v) is 4.00. The van der Waals surface area contributed by atoms with Gasteiger partial charge in [0.05, 0.1) is 22.8 Å². The third-order valence-electron chi connectivity index (χ3n) is 2.79. The Labute approximate surface area is 97.5 Å². The summed E-state index contributed by atoms with van der Waals surface area (Å²) in [6.45, 7) is 2.04. The summed E-state index contributed by atoms with van der Waals surface area (Å²) in [5.74, 6) is 0. The molecule has 1 aromatic carbocycles. The molecule has 0 aliphatic rings. The molecule has 0 fully saturated rings. The van der Waals surface area contributed by atoms with Crippen LogP contribution in [0.2, 0.25) is 0 Å². The van der Waals surface area contributed by atoms with Gasteiger partial charge in [-0.25, -0.2) is 4.68 Å². The van der Waals surface area contributed by atoms with Crippen molar-refractivity contribution >= 4 is 10.9 Å². The summed E-state index contributed by atoms with van der Waals surface area (Å²) >= 11 is 0. The number of aromatic amines is 1. The topological polar surface area (TPSA) is 50.7 Å². The summed E-state index contributed by atoms with van der Waals surface area (Å²) in [4.78, 5) is 14.2. The molecule has 4 heteroatoms. The molecule has 0 unspecified atom stereocenters. The van der Waals surface area contributed by atoms with Crippen molar-refractivity contribution in [2.75, 3.05) is 0 Å². The first-order chi connectivity index (χ1) is 8.25. The minimum atomic E-state index is -0.110. The first-order valence-electron chi connectivity index (χ1n) is 5.38. The Morgan fingerprint density at radius 2 is 1.94 bits per heavy atom. The maximum atomic E-state index is 11.6. The largest absolute Gasteiger partial charge is 0.328 e. The third-order valence-corrected chi connectivity index (χ3v) is 2.79. The zero-order valence-electron chi connectivity index (χ0n) is 9.34. The van der Waals surface area contributed by atoms with Gasteiger partial charge in [0.25, 0.3) is 5.56 Å². The monoisotopic (exact) mass is 225 g/mol. The van der Waals surface area contributed by atoms with E-state index >= 15 is 0 Å². The number of fused-ring (bicyclic) bond motifs is 1. The Hall–Kier alpha value is -2.36. The minimum Gasteiger partial charge on any atom is -0.328 e. The van der Waals surface area contributed by atoms with Crippen molar-refractivity contribution in [3.05, 3.63) is 58.6 Å². The molecule has 1 N–H and O–H groups in total. The van der Waals surface area contributed by atoms with Gasteiger partial charge in [-0.05, 0) is 25.1 Å². The van der Waals surface area contributed by atoms with E-state index in [1.165, 1.54) is 5.56 Å². The number of aryl methyl sites for hydroxylation is 1. The molecule has 17 heavy (non-hydrogen) atoms. The minimum absolute atomic E-state index is 0.110. The molecule has 0 radical (unpaired) electrons. The average molecular weight is 225 g/mol. The molecule has 2 aromatic heterocycles. The lowest BCUT2D eigenvalue weighted by molar-refractivity contribution is 0.910. The summed E-state index contributed by atoms with van der Waals surface area (Å²) in [6, 6.07) is 9.88. The maximum Gasteiger partial charge on any atom is 0.259 e. The maximum absolute atomic E-state index is 11.6. The number of nitrogens with one attached hydrogen (secondary N) is 1. The Balaban J connectivity index is 2.28. The predicted octanol–water partition coefficient (Wildman–Crippen LogP) is 2.02. The smallest absolute Gasteiger partial charge is 0.259 e.